The van der Waals surface area contributed by atoms with E-state index in [2.05, 4.69) is 15.1 Å². The zero-order chi connectivity index (χ0) is 12.4. The van der Waals surface area contributed by atoms with Crippen molar-refractivity contribution in [1.29, 1.82) is 0 Å². The number of rotatable bonds is 2. The lowest BCUT2D eigenvalue weighted by molar-refractivity contribution is 0.880. The van der Waals surface area contributed by atoms with Gasteiger partial charge in [0.1, 0.15) is 6.33 Å². The van der Waals surface area contributed by atoms with Crippen molar-refractivity contribution in [3.8, 4) is 16.9 Å². The van der Waals surface area contributed by atoms with E-state index < -0.39 is 0 Å². The first-order valence-corrected chi connectivity index (χ1v) is 5.78. The second-order valence-electron chi connectivity index (χ2n) is 3.73. The van der Waals surface area contributed by atoms with Crippen LogP contribution in [0.3, 0.4) is 0 Å². The molecular weight excluding hydrogens is 248 g/mol. The maximum Gasteiger partial charge on any atom is 0.116 e. The van der Waals surface area contributed by atoms with Crippen molar-refractivity contribution in [3.63, 3.8) is 0 Å². The van der Waals surface area contributed by atoms with Gasteiger partial charge in [0, 0.05) is 18.0 Å². The zero-order valence-electron chi connectivity index (χ0n) is 9.36. The number of para-hydroxylation sites is 1. The molecule has 5 heteroatoms. The summed E-state index contributed by atoms with van der Waals surface area (Å²) < 4.78 is 1.79. The van der Waals surface area contributed by atoms with Crippen LogP contribution >= 0.6 is 11.6 Å². The molecule has 3 rings (SSSR count). The highest BCUT2D eigenvalue weighted by atomic mass is 35.5. The molecule has 0 atom stereocenters. The quantitative estimate of drug-likeness (QED) is 0.708. The van der Waals surface area contributed by atoms with Crippen LogP contribution in [0.4, 0.5) is 0 Å². The van der Waals surface area contributed by atoms with E-state index >= 15 is 0 Å². The first-order chi connectivity index (χ1) is 8.84. The number of nitrogens with zero attached hydrogens (tertiary/aromatic N) is 4. The van der Waals surface area contributed by atoms with Gasteiger partial charge in [-0.3, -0.25) is 0 Å². The van der Waals surface area contributed by atoms with Gasteiger partial charge >= 0.3 is 0 Å². The van der Waals surface area contributed by atoms with Crippen molar-refractivity contribution in [2.45, 2.75) is 0 Å². The van der Waals surface area contributed by atoms with Crippen molar-refractivity contribution < 1.29 is 0 Å². The van der Waals surface area contributed by atoms with Gasteiger partial charge in [0.15, 0.2) is 0 Å². The van der Waals surface area contributed by atoms with Crippen LogP contribution in [-0.2, 0) is 0 Å². The molecular formula is C13H9ClN4. The SMILES string of the molecule is Clc1cncnc1-c1cnn(-c2ccccc2)c1. The molecule has 2 heterocycles. The molecule has 0 amide bonds. The number of hydrogen-bond acceptors (Lipinski definition) is 3. The molecule has 88 valence electrons. The summed E-state index contributed by atoms with van der Waals surface area (Å²) >= 11 is 6.05. The van der Waals surface area contributed by atoms with Gasteiger partial charge in [0.25, 0.3) is 0 Å². The molecule has 0 N–H and O–H groups in total. The Bertz CT molecular complexity index is 664. The Morgan fingerprint density at radius 1 is 1.06 bits per heavy atom. The first kappa shape index (κ1) is 10.9. The summed E-state index contributed by atoms with van der Waals surface area (Å²) in [6, 6.07) is 9.87. The van der Waals surface area contributed by atoms with E-state index in [1.54, 1.807) is 17.1 Å². The second kappa shape index (κ2) is 4.58. The molecule has 0 bridgehead atoms. The summed E-state index contributed by atoms with van der Waals surface area (Å²) in [7, 11) is 0. The molecule has 0 aliphatic carbocycles. The van der Waals surface area contributed by atoms with E-state index in [0.29, 0.717) is 10.7 Å². The third-order valence-corrected chi connectivity index (χ3v) is 2.82. The van der Waals surface area contributed by atoms with Gasteiger partial charge in [-0.2, -0.15) is 5.10 Å². The zero-order valence-corrected chi connectivity index (χ0v) is 10.1. The Morgan fingerprint density at radius 3 is 2.67 bits per heavy atom. The van der Waals surface area contributed by atoms with Crippen LogP contribution in [0.15, 0.2) is 55.2 Å². The summed E-state index contributed by atoms with van der Waals surface area (Å²) in [5.74, 6) is 0. The fourth-order valence-electron chi connectivity index (χ4n) is 1.69. The molecule has 0 aliphatic rings. The topological polar surface area (TPSA) is 43.6 Å². The minimum atomic E-state index is 0.519. The molecule has 0 unspecified atom stereocenters. The number of benzene rings is 1. The Kier molecular flexibility index (Phi) is 2.78. The standard InChI is InChI=1S/C13H9ClN4/c14-12-7-15-9-16-13(12)10-6-17-18(8-10)11-4-2-1-3-5-11/h1-9H. The Hall–Kier alpha value is -2.20. The predicted molar refractivity (Wildman–Crippen MR) is 69.6 cm³/mol. The molecule has 0 spiro atoms. The van der Waals surface area contributed by atoms with Crippen LogP contribution in [0.25, 0.3) is 16.9 Å². The molecule has 0 radical (unpaired) electrons. The van der Waals surface area contributed by atoms with Gasteiger partial charge in [0.2, 0.25) is 0 Å². The van der Waals surface area contributed by atoms with Crippen molar-refractivity contribution in [2.24, 2.45) is 0 Å². The molecule has 0 fully saturated rings. The summed E-state index contributed by atoms with van der Waals surface area (Å²) in [4.78, 5) is 8.02. The second-order valence-corrected chi connectivity index (χ2v) is 4.14. The Morgan fingerprint density at radius 2 is 1.89 bits per heavy atom. The molecule has 0 saturated carbocycles. The molecule has 0 saturated heterocycles. The summed E-state index contributed by atoms with van der Waals surface area (Å²) in [6.45, 7) is 0. The van der Waals surface area contributed by atoms with E-state index in [-0.39, 0.29) is 0 Å². The molecule has 3 aromatic rings. The summed E-state index contributed by atoms with van der Waals surface area (Å²) in [6.07, 6.45) is 6.68. The smallest absolute Gasteiger partial charge is 0.116 e. The van der Waals surface area contributed by atoms with Crippen molar-refractivity contribution in [3.05, 3.63) is 60.3 Å². The normalized spacial score (nSPS) is 10.5. The van der Waals surface area contributed by atoms with Crippen LogP contribution in [0.2, 0.25) is 5.02 Å². The largest absolute Gasteiger partial charge is 0.243 e. The van der Waals surface area contributed by atoms with E-state index in [9.17, 15) is 0 Å². The van der Waals surface area contributed by atoms with Crippen LogP contribution in [-0.4, -0.2) is 19.7 Å². The third-order valence-electron chi connectivity index (χ3n) is 2.54. The average Bonchev–Trinajstić information content (AvgIpc) is 2.90. The fourth-order valence-corrected chi connectivity index (χ4v) is 1.91. The maximum atomic E-state index is 6.05. The average molecular weight is 257 g/mol. The van der Waals surface area contributed by atoms with Crippen molar-refractivity contribution >= 4 is 11.6 Å². The fraction of sp³-hybridized carbons (Fsp3) is 0. The minimum Gasteiger partial charge on any atom is -0.243 e. The highest BCUT2D eigenvalue weighted by Gasteiger charge is 2.08. The molecule has 2 aromatic heterocycles. The van der Waals surface area contributed by atoms with Crippen molar-refractivity contribution in [1.82, 2.24) is 19.7 Å². The summed E-state index contributed by atoms with van der Waals surface area (Å²) in [5.41, 5.74) is 2.55. The van der Waals surface area contributed by atoms with Gasteiger partial charge < -0.3 is 0 Å². The lowest BCUT2D eigenvalue weighted by Gasteiger charge is -2.00. The predicted octanol–water partition coefficient (Wildman–Crippen LogP) is 2.98. The summed E-state index contributed by atoms with van der Waals surface area (Å²) in [5, 5.41) is 4.82. The Labute approximate surface area is 109 Å². The van der Waals surface area contributed by atoms with Gasteiger partial charge in [-0.15, -0.1) is 0 Å². The van der Waals surface area contributed by atoms with Gasteiger partial charge in [-0.05, 0) is 12.1 Å². The molecule has 18 heavy (non-hydrogen) atoms. The highest BCUT2D eigenvalue weighted by molar-refractivity contribution is 6.32. The lowest BCUT2D eigenvalue weighted by Crippen LogP contribution is -1.92. The van der Waals surface area contributed by atoms with E-state index in [4.69, 9.17) is 11.6 Å². The van der Waals surface area contributed by atoms with Crippen LogP contribution in [0, 0.1) is 0 Å². The minimum absolute atomic E-state index is 0.519. The van der Waals surface area contributed by atoms with E-state index in [1.165, 1.54) is 6.33 Å². The van der Waals surface area contributed by atoms with Crippen LogP contribution < -0.4 is 0 Å². The molecule has 0 aliphatic heterocycles. The number of halogens is 1. The monoisotopic (exact) mass is 256 g/mol. The van der Waals surface area contributed by atoms with Gasteiger partial charge in [-0.25, -0.2) is 14.6 Å². The van der Waals surface area contributed by atoms with Crippen molar-refractivity contribution in [2.75, 3.05) is 0 Å². The highest BCUT2D eigenvalue weighted by Crippen LogP contribution is 2.24. The number of hydrogen-bond donors (Lipinski definition) is 0. The van der Waals surface area contributed by atoms with Gasteiger partial charge in [0.05, 0.1) is 22.6 Å². The van der Waals surface area contributed by atoms with Crippen LogP contribution in [0.1, 0.15) is 0 Å². The number of aromatic nitrogens is 4. The van der Waals surface area contributed by atoms with Gasteiger partial charge in [-0.1, -0.05) is 29.8 Å². The van der Waals surface area contributed by atoms with E-state index in [1.807, 2.05) is 36.5 Å². The van der Waals surface area contributed by atoms with Crippen LogP contribution in [0.5, 0.6) is 0 Å². The molecule has 4 nitrogen and oxygen atoms in total. The van der Waals surface area contributed by atoms with E-state index in [0.717, 1.165) is 11.3 Å². The third kappa shape index (κ3) is 1.98. The lowest BCUT2D eigenvalue weighted by atomic mass is 10.2. The first-order valence-electron chi connectivity index (χ1n) is 5.40. The molecule has 1 aromatic carbocycles. The maximum absolute atomic E-state index is 6.05. The Balaban J connectivity index is 2.03.